The molecule has 0 aliphatic carbocycles. The summed E-state index contributed by atoms with van der Waals surface area (Å²) in [7, 11) is 0. The van der Waals surface area contributed by atoms with Gasteiger partial charge in [0.25, 0.3) is 0 Å². The van der Waals surface area contributed by atoms with E-state index in [1.807, 2.05) is 45.0 Å². The van der Waals surface area contributed by atoms with Crippen LogP contribution < -0.4 is 0 Å². The van der Waals surface area contributed by atoms with Crippen LogP contribution in [0.15, 0.2) is 24.3 Å². The van der Waals surface area contributed by atoms with Crippen LogP contribution in [0.1, 0.15) is 44.4 Å². The summed E-state index contributed by atoms with van der Waals surface area (Å²) in [4.78, 5) is 24.7. The average Bonchev–Trinajstić information content (AvgIpc) is 2.67. The van der Waals surface area contributed by atoms with Gasteiger partial charge >= 0.3 is 6.09 Å². The number of benzene rings is 1. The number of aldehydes is 1. The highest BCUT2D eigenvalue weighted by Crippen LogP contribution is 2.36. The maximum absolute atomic E-state index is 12.2. The topological polar surface area (TPSA) is 46.6 Å². The van der Waals surface area contributed by atoms with Gasteiger partial charge in [0.15, 0.2) is 0 Å². The van der Waals surface area contributed by atoms with Crippen molar-refractivity contribution in [1.82, 2.24) is 4.90 Å². The molecule has 2 rings (SSSR count). The van der Waals surface area contributed by atoms with Crippen LogP contribution in [0, 0.1) is 0 Å². The van der Waals surface area contributed by atoms with Crippen molar-refractivity contribution in [2.24, 2.45) is 0 Å². The third kappa shape index (κ3) is 2.95. The maximum atomic E-state index is 12.2. The lowest BCUT2D eigenvalue weighted by Gasteiger charge is -2.28. The molecule has 1 unspecified atom stereocenters. The monoisotopic (exact) mass is 261 g/mol. The number of carbonyl (C=O) groups is 2. The van der Waals surface area contributed by atoms with Crippen molar-refractivity contribution in [2.75, 3.05) is 0 Å². The quantitative estimate of drug-likeness (QED) is 0.769. The molecule has 1 amide bonds. The van der Waals surface area contributed by atoms with Crippen molar-refractivity contribution in [2.45, 2.75) is 45.4 Å². The summed E-state index contributed by atoms with van der Waals surface area (Å²) in [5.41, 5.74) is 1.60. The average molecular weight is 261 g/mol. The second-order valence-electron chi connectivity index (χ2n) is 5.73. The lowest BCUT2D eigenvalue weighted by Crippen LogP contribution is -2.35. The molecule has 4 heteroatoms. The molecule has 1 atom stereocenters. The highest BCUT2D eigenvalue weighted by atomic mass is 16.6. The summed E-state index contributed by atoms with van der Waals surface area (Å²) < 4.78 is 5.40. The Hall–Kier alpha value is -1.84. The molecule has 1 aliphatic heterocycles. The number of carbonyl (C=O) groups excluding carboxylic acids is 2. The van der Waals surface area contributed by atoms with Gasteiger partial charge in [-0.25, -0.2) is 4.79 Å². The van der Waals surface area contributed by atoms with E-state index < -0.39 is 5.60 Å². The van der Waals surface area contributed by atoms with Gasteiger partial charge in [-0.2, -0.15) is 0 Å². The van der Waals surface area contributed by atoms with Gasteiger partial charge in [0.2, 0.25) is 0 Å². The number of rotatable bonds is 2. The SMILES string of the molecule is CC(C)(C)OC(=O)N1Cc2ccccc2C1CC=O. The van der Waals surface area contributed by atoms with Crippen LogP contribution in [-0.2, 0) is 16.1 Å². The molecule has 1 heterocycles. The third-order valence-corrected chi connectivity index (χ3v) is 3.08. The van der Waals surface area contributed by atoms with E-state index in [4.69, 9.17) is 4.74 Å². The first kappa shape index (κ1) is 13.6. The maximum Gasteiger partial charge on any atom is 0.411 e. The van der Waals surface area contributed by atoms with Crippen molar-refractivity contribution < 1.29 is 14.3 Å². The van der Waals surface area contributed by atoms with E-state index in [1.165, 1.54) is 0 Å². The molecule has 1 aromatic rings. The Bertz CT molecular complexity index is 490. The number of ether oxygens (including phenoxy) is 1. The van der Waals surface area contributed by atoms with E-state index in [-0.39, 0.29) is 12.1 Å². The molecule has 0 spiro atoms. The van der Waals surface area contributed by atoms with E-state index in [0.29, 0.717) is 13.0 Å². The van der Waals surface area contributed by atoms with Crippen LogP contribution >= 0.6 is 0 Å². The minimum absolute atomic E-state index is 0.205. The van der Waals surface area contributed by atoms with Crippen LogP contribution in [0.4, 0.5) is 4.79 Å². The molecule has 0 aromatic heterocycles. The fourth-order valence-electron chi connectivity index (χ4n) is 2.32. The summed E-state index contributed by atoms with van der Waals surface area (Å²) in [6.45, 7) is 6.01. The normalized spacial score (nSPS) is 18.1. The first-order chi connectivity index (χ1) is 8.92. The van der Waals surface area contributed by atoms with Crippen molar-refractivity contribution >= 4 is 12.4 Å². The van der Waals surface area contributed by atoms with Gasteiger partial charge in [-0.05, 0) is 31.9 Å². The molecule has 0 bridgehead atoms. The van der Waals surface area contributed by atoms with Crippen molar-refractivity contribution in [3.63, 3.8) is 0 Å². The van der Waals surface area contributed by atoms with Gasteiger partial charge in [-0.3, -0.25) is 4.90 Å². The fourth-order valence-corrected chi connectivity index (χ4v) is 2.32. The Balaban J connectivity index is 2.23. The molecule has 0 saturated carbocycles. The summed E-state index contributed by atoms with van der Waals surface area (Å²) in [5, 5.41) is 0. The lowest BCUT2D eigenvalue weighted by atomic mass is 10.0. The van der Waals surface area contributed by atoms with Gasteiger partial charge < -0.3 is 9.53 Å². The highest BCUT2D eigenvalue weighted by Gasteiger charge is 2.35. The van der Waals surface area contributed by atoms with E-state index in [2.05, 4.69) is 0 Å². The van der Waals surface area contributed by atoms with Gasteiger partial charge in [-0.15, -0.1) is 0 Å². The first-order valence-electron chi connectivity index (χ1n) is 6.43. The molecule has 19 heavy (non-hydrogen) atoms. The Kier molecular flexibility index (Phi) is 3.60. The second kappa shape index (κ2) is 5.03. The standard InChI is InChI=1S/C15H19NO3/c1-15(2,3)19-14(18)16-10-11-6-4-5-7-12(11)13(16)8-9-17/h4-7,9,13H,8,10H2,1-3H3. The molecule has 0 N–H and O–H groups in total. The molecule has 1 aromatic carbocycles. The minimum Gasteiger partial charge on any atom is -0.444 e. The summed E-state index contributed by atoms with van der Waals surface area (Å²) >= 11 is 0. The lowest BCUT2D eigenvalue weighted by molar-refractivity contribution is -0.108. The zero-order chi connectivity index (χ0) is 14.0. The summed E-state index contributed by atoms with van der Waals surface area (Å²) in [6.07, 6.45) is 0.788. The Morgan fingerprint density at radius 1 is 1.42 bits per heavy atom. The molecule has 1 aliphatic rings. The minimum atomic E-state index is -0.530. The van der Waals surface area contributed by atoms with Gasteiger partial charge in [-0.1, -0.05) is 24.3 Å². The Labute approximate surface area is 113 Å². The summed E-state index contributed by atoms with van der Waals surface area (Å²) in [6, 6.07) is 7.61. The molecule has 4 nitrogen and oxygen atoms in total. The van der Waals surface area contributed by atoms with E-state index >= 15 is 0 Å². The predicted molar refractivity (Wildman–Crippen MR) is 71.6 cm³/mol. The summed E-state index contributed by atoms with van der Waals surface area (Å²) in [5.74, 6) is 0. The van der Waals surface area contributed by atoms with Crippen molar-refractivity contribution in [3.05, 3.63) is 35.4 Å². The zero-order valence-electron chi connectivity index (χ0n) is 11.6. The van der Waals surface area contributed by atoms with Gasteiger partial charge in [0.05, 0.1) is 6.04 Å². The number of hydrogen-bond acceptors (Lipinski definition) is 3. The van der Waals surface area contributed by atoms with E-state index in [9.17, 15) is 9.59 Å². The van der Waals surface area contributed by atoms with Crippen LogP contribution in [-0.4, -0.2) is 22.9 Å². The first-order valence-corrected chi connectivity index (χ1v) is 6.43. The van der Waals surface area contributed by atoms with Crippen molar-refractivity contribution in [1.29, 1.82) is 0 Å². The highest BCUT2D eigenvalue weighted by molar-refractivity contribution is 5.71. The number of amides is 1. The number of fused-ring (bicyclic) bond motifs is 1. The largest absolute Gasteiger partial charge is 0.444 e. The van der Waals surface area contributed by atoms with Crippen LogP contribution in [0.3, 0.4) is 0 Å². The predicted octanol–water partition coefficient (Wildman–Crippen LogP) is 3.07. The molecular weight excluding hydrogens is 242 g/mol. The van der Waals surface area contributed by atoms with Crippen LogP contribution in [0.5, 0.6) is 0 Å². The Morgan fingerprint density at radius 3 is 2.74 bits per heavy atom. The Morgan fingerprint density at radius 2 is 2.11 bits per heavy atom. The van der Waals surface area contributed by atoms with Gasteiger partial charge in [0, 0.05) is 13.0 Å². The molecule has 0 radical (unpaired) electrons. The number of hydrogen-bond donors (Lipinski definition) is 0. The van der Waals surface area contributed by atoms with E-state index in [0.717, 1.165) is 17.4 Å². The smallest absolute Gasteiger partial charge is 0.411 e. The fraction of sp³-hybridized carbons (Fsp3) is 0.467. The molecular formula is C15H19NO3. The second-order valence-corrected chi connectivity index (χ2v) is 5.73. The number of nitrogens with zero attached hydrogens (tertiary/aromatic N) is 1. The van der Waals surface area contributed by atoms with E-state index in [1.54, 1.807) is 4.90 Å². The molecule has 0 fully saturated rings. The molecule has 102 valence electrons. The van der Waals surface area contributed by atoms with Crippen LogP contribution in [0.2, 0.25) is 0 Å². The zero-order valence-corrected chi connectivity index (χ0v) is 11.6. The molecule has 0 saturated heterocycles. The van der Waals surface area contributed by atoms with Gasteiger partial charge in [0.1, 0.15) is 11.9 Å². The van der Waals surface area contributed by atoms with Crippen molar-refractivity contribution in [3.8, 4) is 0 Å². The van der Waals surface area contributed by atoms with Crippen LogP contribution in [0.25, 0.3) is 0 Å². The third-order valence-electron chi connectivity index (χ3n) is 3.08.